The molecule has 0 atom stereocenters. The van der Waals surface area contributed by atoms with Crippen molar-refractivity contribution >= 4 is 26.6 Å². The molecule has 0 spiro atoms. The predicted octanol–water partition coefficient (Wildman–Crippen LogP) is 4.47. The van der Waals surface area contributed by atoms with Crippen LogP contribution in [0.4, 0.5) is 13.2 Å². The summed E-state index contributed by atoms with van der Waals surface area (Å²) >= 11 is 0. The van der Waals surface area contributed by atoms with Gasteiger partial charge in [0.1, 0.15) is 11.5 Å². The van der Waals surface area contributed by atoms with Gasteiger partial charge in [0.25, 0.3) is 0 Å². The van der Waals surface area contributed by atoms with Gasteiger partial charge >= 0.3 is 15.6 Å². The molecule has 0 amide bonds. The number of nitrogens with zero attached hydrogens (tertiary/aromatic N) is 1. The second-order valence-corrected chi connectivity index (χ2v) is 7.16. The first kappa shape index (κ1) is 19.7. The van der Waals surface area contributed by atoms with Gasteiger partial charge in [0, 0.05) is 16.5 Å². The molecule has 3 rings (SSSR count). The van der Waals surface area contributed by atoms with Gasteiger partial charge in [-0.25, -0.2) is 0 Å². The Hall–Kier alpha value is -3.07. The van der Waals surface area contributed by atoms with E-state index in [4.69, 9.17) is 4.74 Å². The zero-order valence-corrected chi connectivity index (χ0v) is 15.3. The molecule has 0 heterocycles. The lowest BCUT2D eigenvalue weighted by Gasteiger charge is -2.13. The number of rotatable bonds is 5. The highest BCUT2D eigenvalue weighted by Crippen LogP contribution is 2.31. The molecule has 146 valence electrons. The van der Waals surface area contributed by atoms with Crippen LogP contribution in [0.15, 0.2) is 71.9 Å². The third kappa shape index (κ3) is 3.79. The number of halogens is 3. The normalized spacial score (nSPS) is 12.8. The van der Waals surface area contributed by atoms with Crippen molar-refractivity contribution < 1.29 is 30.6 Å². The van der Waals surface area contributed by atoms with E-state index >= 15 is 0 Å². The Morgan fingerprint density at radius 3 is 2.11 bits per heavy atom. The molecule has 0 saturated heterocycles. The molecule has 3 aromatic rings. The Morgan fingerprint density at radius 2 is 1.50 bits per heavy atom. The standard InChI is InChI=1S/C19H14F3NO4S/c1-26-17-12-11-16(14-9-5-6-10-15(14)17)18(13-7-3-2-4-8-13)23-27-28(24,25)19(20,21)22/h2-12H,1H3/b23-18-. The lowest BCUT2D eigenvalue weighted by molar-refractivity contribution is -0.0540. The van der Waals surface area contributed by atoms with Gasteiger partial charge in [0.15, 0.2) is 0 Å². The monoisotopic (exact) mass is 409 g/mol. The maximum Gasteiger partial charge on any atom is 0.536 e. The molecule has 9 heteroatoms. The molecular weight excluding hydrogens is 395 g/mol. The Bertz CT molecular complexity index is 1130. The maximum absolute atomic E-state index is 12.6. The van der Waals surface area contributed by atoms with Crippen LogP contribution in [-0.4, -0.2) is 26.7 Å². The molecule has 0 radical (unpaired) electrons. The molecule has 28 heavy (non-hydrogen) atoms. The van der Waals surface area contributed by atoms with E-state index in [1.807, 2.05) is 0 Å². The largest absolute Gasteiger partial charge is 0.536 e. The summed E-state index contributed by atoms with van der Waals surface area (Å²) in [5.41, 5.74) is -4.87. The van der Waals surface area contributed by atoms with E-state index in [2.05, 4.69) is 9.44 Å². The molecule has 0 aliphatic carbocycles. The summed E-state index contributed by atoms with van der Waals surface area (Å²) in [5, 5.41) is 4.67. The van der Waals surface area contributed by atoms with Crippen LogP contribution < -0.4 is 4.74 Å². The molecule has 0 aromatic heterocycles. The topological polar surface area (TPSA) is 65.0 Å². The number of benzene rings is 3. The number of methoxy groups -OCH3 is 1. The summed E-state index contributed by atoms with van der Waals surface area (Å²) < 4.78 is 69.8. The minimum atomic E-state index is -5.89. The van der Waals surface area contributed by atoms with Gasteiger partial charge in [-0.1, -0.05) is 59.8 Å². The molecule has 0 aliphatic rings. The van der Waals surface area contributed by atoms with Crippen molar-refractivity contribution in [2.75, 3.05) is 7.11 Å². The summed E-state index contributed by atoms with van der Waals surface area (Å²) in [6.45, 7) is 0. The smallest absolute Gasteiger partial charge is 0.496 e. The Balaban J connectivity index is 2.22. The minimum Gasteiger partial charge on any atom is -0.496 e. The summed E-state index contributed by atoms with van der Waals surface area (Å²) in [6.07, 6.45) is 0. The molecule has 0 bridgehead atoms. The second-order valence-electron chi connectivity index (χ2n) is 5.64. The Labute approximate surface area is 159 Å². The zero-order valence-electron chi connectivity index (χ0n) is 14.5. The summed E-state index contributed by atoms with van der Waals surface area (Å²) in [4.78, 5) is 0. The Kier molecular flexibility index (Phi) is 5.28. The van der Waals surface area contributed by atoms with Crippen LogP contribution in [0, 0.1) is 0 Å². The molecule has 0 unspecified atom stereocenters. The molecule has 5 nitrogen and oxygen atoms in total. The molecule has 0 aliphatic heterocycles. The van der Waals surface area contributed by atoms with Crippen molar-refractivity contribution in [2.24, 2.45) is 5.16 Å². The first-order valence-corrected chi connectivity index (χ1v) is 9.35. The lowest BCUT2D eigenvalue weighted by Crippen LogP contribution is -2.24. The Morgan fingerprint density at radius 1 is 0.893 bits per heavy atom. The van der Waals surface area contributed by atoms with Crippen LogP contribution in [0.2, 0.25) is 0 Å². The second kappa shape index (κ2) is 7.51. The van der Waals surface area contributed by atoms with Crippen LogP contribution in [-0.2, 0) is 14.4 Å². The van der Waals surface area contributed by atoms with Crippen LogP contribution in [0.3, 0.4) is 0 Å². The van der Waals surface area contributed by atoms with Crippen LogP contribution >= 0.6 is 0 Å². The van der Waals surface area contributed by atoms with Crippen molar-refractivity contribution in [3.63, 3.8) is 0 Å². The fourth-order valence-electron chi connectivity index (χ4n) is 2.64. The van der Waals surface area contributed by atoms with Crippen molar-refractivity contribution in [1.29, 1.82) is 0 Å². The number of alkyl halides is 3. The van der Waals surface area contributed by atoms with E-state index in [-0.39, 0.29) is 5.71 Å². The van der Waals surface area contributed by atoms with Gasteiger partial charge in [-0.05, 0) is 17.5 Å². The third-order valence-electron chi connectivity index (χ3n) is 3.92. The number of hydrogen-bond acceptors (Lipinski definition) is 5. The average molecular weight is 409 g/mol. The van der Waals surface area contributed by atoms with Crippen LogP contribution in [0.1, 0.15) is 11.1 Å². The number of hydrogen-bond donors (Lipinski definition) is 0. The van der Waals surface area contributed by atoms with E-state index in [1.54, 1.807) is 66.7 Å². The third-order valence-corrected chi connectivity index (χ3v) is 4.75. The van der Waals surface area contributed by atoms with Crippen molar-refractivity contribution in [3.05, 3.63) is 77.9 Å². The summed E-state index contributed by atoms with van der Waals surface area (Å²) in [7, 11) is -4.39. The van der Waals surface area contributed by atoms with E-state index < -0.39 is 15.6 Å². The molecular formula is C19H14F3NO4S. The highest BCUT2D eigenvalue weighted by molar-refractivity contribution is 7.87. The SMILES string of the molecule is COc1ccc(/C(=N\OS(=O)(=O)C(F)(F)F)c2ccccc2)c2ccccc12. The van der Waals surface area contributed by atoms with Gasteiger partial charge in [-0.15, -0.1) is 0 Å². The van der Waals surface area contributed by atoms with Gasteiger partial charge in [-0.2, -0.15) is 21.6 Å². The van der Waals surface area contributed by atoms with Gasteiger partial charge in [-0.3, -0.25) is 4.28 Å². The number of oxime groups is 1. The molecule has 0 N–H and O–H groups in total. The molecule has 0 fully saturated rings. The van der Waals surface area contributed by atoms with Crippen molar-refractivity contribution in [3.8, 4) is 5.75 Å². The first-order chi connectivity index (χ1) is 13.2. The molecule has 3 aromatic carbocycles. The predicted molar refractivity (Wildman–Crippen MR) is 98.6 cm³/mol. The van der Waals surface area contributed by atoms with Crippen LogP contribution in [0.5, 0.6) is 5.75 Å². The maximum atomic E-state index is 12.6. The van der Waals surface area contributed by atoms with Gasteiger partial charge < -0.3 is 4.74 Å². The average Bonchev–Trinajstić information content (AvgIpc) is 2.68. The van der Waals surface area contributed by atoms with Crippen LogP contribution in [0.25, 0.3) is 10.8 Å². The van der Waals surface area contributed by atoms with E-state index in [0.717, 1.165) is 0 Å². The first-order valence-electron chi connectivity index (χ1n) is 7.94. The van der Waals surface area contributed by atoms with E-state index in [9.17, 15) is 21.6 Å². The summed E-state index contributed by atoms with van der Waals surface area (Å²) in [6, 6.07) is 18.4. The van der Waals surface area contributed by atoms with E-state index in [1.165, 1.54) is 7.11 Å². The minimum absolute atomic E-state index is 0.0627. The fraction of sp³-hybridized carbons (Fsp3) is 0.105. The van der Waals surface area contributed by atoms with Gasteiger partial charge in [0.05, 0.1) is 7.11 Å². The zero-order chi connectivity index (χ0) is 20.4. The fourth-order valence-corrected chi connectivity index (χ4v) is 2.90. The van der Waals surface area contributed by atoms with Crippen molar-refractivity contribution in [1.82, 2.24) is 0 Å². The highest BCUT2D eigenvalue weighted by Gasteiger charge is 2.49. The lowest BCUT2D eigenvalue weighted by atomic mass is 9.96. The van der Waals surface area contributed by atoms with Gasteiger partial charge in [0.2, 0.25) is 0 Å². The van der Waals surface area contributed by atoms with E-state index in [0.29, 0.717) is 27.6 Å². The summed E-state index contributed by atoms with van der Waals surface area (Å²) in [5.74, 6) is 0.551. The number of fused-ring (bicyclic) bond motifs is 1. The quantitative estimate of drug-likeness (QED) is 0.354. The molecule has 0 saturated carbocycles. The number of ether oxygens (including phenoxy) is 1. The highest BCUT2D eigenvalue weighted by atomic mass is 32.2. The van der Waals surface area contributed by atoms with Crippen molar-refractivity contribution in [2.45, 2.75) is 5.51 Å².